The first-order chi connectivity index (χ1) is 12.5. The van der Waals surface area contributed by atoms with Crippen molar-refractivity contribution >= 4 is 12.4 Å². The second-order valence-electron chi connectivity index (χ2n) is 7.00. The van der Waals surface area contributed by atoms with Crippen molar-refractivity contribution in [2.75, 3.05) is 20.2 Å². The molecule has 1 aliphatic heterocycles. The lowest BCUT2D eigenvalue weighted by molar-refractivity contribution is 0.182. The van der Waals surface area contributed by atoms with E-state index in [0.29, 0.717) is 37.8 Å². The summed E-state index contributed by atoms with van der Waals surface area (Å²) >= 11 is 0. The molecule has 1 N–H and O–H groups in total. The van der Waals surface area contributed by atoms with E-state index in [9.17, 15) is 13.9 Å². The van der Waals surface area contributed by atoms with Crippen LogP contribution in [-0.2, 0) is 12.8 Å². The van der Waals surface area contributed by atoms with Crippen LogP contribution in [0.4, 0.5) is 8.78 Å². The van der Waals surface area contributed by atoms with Crippen LogP contribution in [0.3, 0.4) is 0 Å². The molecule has 148 valence electrons. The minimum absolute atomic E-state index is 0. The molecule has 6 heteroatoms. The van der Waals surface area contributed by atoms with Crippen LogP contribution in [0, 0.1) is 11.6 Å². The number of rotatable bonds is 7. The summed E-state index contributed by atoms with van der Waals surface area (Å²) in [6.07, 6.45) is 2.64. The number of nitrogens with zero attached hydrogens (tertiary/aromatic N) is 1. The second-order valence-corrected chi connectivity index (χ2v) is 7.00. The maximum absolute atomic E-state index is 13.6. The molecule has 2 aromatic rings. The molecule has 0 radical (unpaired) electrons. The van der Waals surface area contributed by atoms with Gasteiger partial charge in [-0.15, -0.1) is 12.4 Å². The Labute approximate surface area is 165 Å². The van der Waals surface area contributed by atoms with Crippen LogP contribution in [0.5, 0.6) is 5.75 Å². The molecule has 1 fully saturated rings. The van der Waals surface area contributed by atoms with Gasteiger partial charge in [-0.1, -0.05) is 12.1 Å². The summed E-state index contributed by atoms with van der Waals surface area (Å²) in [6, 6.07) is 11.3. The van der Waals surface area contributed by atoms with E-state index in [1.807, 2.05) is 7.05 Å². The number of hydrogen-bond acceptors (Lipinski definition) is 3. The summed E-state index contributed by atoms with van der Waals surface area (Å²) in [4.78, 5) is 2.15. The van der Waals surface area contributed by atoms with Gasteiger partial charge >= 0.3 is 0 Å². The molecular formula is C21H26ClF2NO2. The summed E-state index contributed by atoms with van der Waals surface area (Å²) in [5.41, 5.74) is 1.82. The van der Waals surface area contributed by atoms with Crippen molar-refractivity contribution in [3.8, 4) is 5.75 Å². The van der Waals surface area contributed by atoms with E-state index in [0.717, 1.165) is 24.0 Å². The van der Waals surface area contributed by atoms with Crippen LogP contribution in [0.2, 0.25) is 0 Å². The lowest BCUT2D eigenvalue weighted by atomic mass is 10.0. The van der Waals surface area contributed by atoms with Crippen molar-refractivity contribution in [2.24, 2.45) is 0 Å². The Morgan fingerprint density at radius 2 is 1.78 bits per heavy atom. The molecule has 0 bridgehead atoms. The number of likely N-dealkylation sites (tertiary alicyclic amines) is 1. The van der Waals surface area contributed by atoms with Crippen molar-refractivity contribution in [1.29, 1.82) is 0 Å². The minimum atomic E-state index is -0.287. The van der Waals surface area contributed by atoms with Crippen molar-refractivity contribution < 1.29 is 18.6 Å². The molecule has 1 saturated heterocycles. The molecule has 2 aromatic carbocycles. The second kappa shape index (κ2) is 10.0. The Morgan fingerprint density at radius 3 is 2.44 bits per heavy atom. The summed E-state index contributed by atoms with van der Waals surface area (Å²) in [5.74, 6) is 0.144. The Hall–Kier alpha value is -1.69. The van der Waals surface area contributed by atoms with Crippen LogP contribution < -0.4 is 4.74 Å². The SMILES string of the molecule is CN1C[C@H](O)C[C@H]1CCOc1ccc(F)cc1CCc1ccc(F)cc1.Cl. The fourth-order valence-corrected chi connectivity index (χ4v) is 3.51. The summed E-state index contributed by atoms with van der Waals surface area (Å²) in [6.45, 7) is 1.22. The monoisotopic (exact) mass is 397 g/mol. The van der Waals surface area contributed by atoms with E-state index in [4.69, 9.17) is 4.74 Å². The number of ether oxygens (including phenoxy) is 1. The van der Waals surface area contributed by atoms with E-state index in [2.05, 4.69) is 4.90 Å². The van der Waals surface area contributed by atoms with Gasteiger partial charge in [-0.3, -0.25) is 0 Å². The zero-order chi connectivity index (χ0) is 18.5. The van der Waals surface area contributed by atoms with Gasteiger partial charge in [0.1, 0.15) is 17.4 Å². The predicted molar refractivity (Wildman–Crippen MR) is 105 cm³/mol. The fraction of sp³-hybridized carbons (Fsp3) is 0.429. The van der Waals surface area contributed by atoms with E-state index >= 15 is 0 Å². The highest BCUT2D eigenvalue weighted by Crippen LogP contribution is 2.24. The predicted octanol–water partition coefficient (Wildman–Crippen LogP) is 4.01. The van der Waals surface area contributed by atoms with Gasteiger partial charge in [-0.25, -0.2) is 8.78 Å². The van der Waals surface area contributed by atoms with Gasteiger partial charge in [0.25, 0.3) is 0 Å². The maximum Gasteiger partial charge on any atom is 0.123 e. The van der Waals surface area contributed by atoms with Crippen molar-refractivity contribution in [2.45, 2.75) is 37.8 Å². The highest BCUT2D eigenvalue weighted by atomic mass is 35.5. The Kier molecular flexibility index (Phi) is 8.02. The molecule has 0 unspecified atom stereocenters. The molecular weight excluding hydrogens is 372 g/mol. The normalized spacial score (nSPS) is 19.7. The van der Waals surface area contributed by atoms with Crippen molar-refractivity contribution in [3.05, 3.63) is 65.2 Å². The first-order valence-corrected chi connectivity index (χ1v) is 9.05. The molecule has 0 aromatic heterocycles. The van der Waals surface area contributed by atoms with Gasteiger partial charge in [0.2, 0.25) is 0 Å². The van der Waals surface area contributed by atoms with E-state index < -0.39 is 0 Å². The first-order valence-electron chi connectivity index (χ1n) is 9.05. The zero-order valence-electron chi connectivity index (χ0n) is 15.4. The average molecular weight is 398 g/mol. The van der Waals surface area contributed by atoms with Crippen LogP contribution in [-0.4, -0.2) is 42.4 Å². The number of likely N-dealkylation sites (N-methyl/N-ethyl adjacent to an activating group) is 1. The maximum atomic E-state index is 13.6. The number of aliphatic hydroxyl groups is 1. The van der Waals surface area contributed by atoms with Crippen LogP contribution in [0.15, 0.2) is 42.5 Å². The van der Waals surface area contributed by atoms with Gasteiger partial charge in [0, 0.05) is 12.6 Å². The third-order valence-corrected chi connectivity index (χ3v) is 4.99. The van der Waals surface area contributed by atoms with Gasteiger partial charge in [-0.05, 0) is 74.2 Å². The lowest BCUT2D eigenvalue weighted by Crippen LogP contribution is -2.26. The number of β-amino-alcohol motifs (C(OH)–C–C–N with tert-alkyl or cyclic N) is 1. The molecule has 0 amide bonds. The zero-order valence-corrected chi connectivity index (χ0v) is 16.2. The van der Waals surface area contributed by atoms with Gasteiger partial charge < -0.3 is 14.7 Å². The number of halogens is 3. The number of benzene rings is 2. The minimum Gasteiger partial charge on any atom is -0.493 e. The molecule has 1 heterocycles. The quantitative estimate of drug-likeness (QED) is 0.766. The molecule has 1 aliphatic rings. The third kappa shape index (κ3) is 6.16. The summed E-state index contributed by atoms with van der Waals surface area (Å²) in [7, 11) is 2.01. The Bertz CT molecular complexity index is 727. The smallest absolute Gasteiger partial charge is 0.123 e. The summed E-state index contributed by atoms with van der Waals surface area (Å²) in [5, 5.41) is 9.71. The van der Waals surface area contributed by atoms with Crippen LogP contribution in [0.1, 0.15) is 24.0 Å². The highest BCUT2D eigenvalue weighted by molar-refractivity contribution is 5.85. The van der Waals surface area contributed by atoms with Gasteiger partial charge in [-0.2, -0.15) is 0 Å². The van der Waals surface area contributed by atoms with Crippen molar-refractivity contribution in [1.82, 2.24) is 4.90 Å². The molecule has 0 aliphatic carbocycles. The number of aryl methyl sites for hydroxylation is 2. The molecule has 3 rings (SSSR count). The fourth-order valence-electron chi connectivity index (χ4n) is 3.51. The van der Waals surface area contributed by atoms with Crippen LogP contribution >= 0.6 is 12.4 Å². The third-order valence-electron chi connectivity index (χ3n) is 4.99. The molecule has 0 saturated carbocycles. The lowest BCUT2D eigenvalue weighted by Gasteiger charge is -2.19. The van der Waals surface area contributed by atoms with E-state index in [-0.39, 0.29) is 30.1 Å². The van der Waals surface area contributed by atoms with Gasteiger partial charge in [0.05, 0.1) is 12.7 Å². The standard InChI is InChI=1S/C21H25F2NO2.ClH/c1-24-14-20(25)13-19(24)10-11-26-21-9-8-18(23)12-16(21)5-2-15-3-6-17(22)7-4-15;/h3-4,6-9,12,19-20,25H,2,5,10-11,13-14H2,1H3;1H/t19-,20-;/m1./s1. The largest absolute Gasteiger partial charge is 0.493 e. The van der Waals surface area contributed by atoms with Gasteiger partial charge in [0.15, 0.2) is 0 Å². The van der Waals surface area contributed by atoms with Crippen LogP contribution in [0.25, 0.3) is 0 Å². The molecule has 2 atom stereocenters. The molecule has 0 spiro atoms. The number of aliphatic hydroxyl groups excluding tert-OH is 1. The first kappa shape index (κ1) is 21.6. The van der Waals surface area contributed by atoms with Crippen molar-refractivity contribution in [3.63, 3.8) is 0 Å². The number of hydrogen-bond donors (Lipinski definition) is 1. The molecule has 27 heavy (non-hydrogen) atoms. The topological polar surface area (TPSA) is 32.7 Å². The van der Waals surface area contributed by atoms with E-state index in [1.54, 1.807) is 18.2 Å². The average Bonchev–Trinajstić information content (AvgIpc) is 2.93. The summed E-state index contributed by atoms with van der Waals surface area (Å²) < 4.78 is 32.6. The molecule has 3 nitrogen and oxygen atoms in total. The Morgan fingerprint density at radius 1 is 1.07 bits per heavy atom. The Balaban J connectivity index is 0.00000261. The van der Waals surface area contributed by atoms with E-state index in [1.165, 1.54) is 24.3 Å². The highest BCUT2D eigenvalue weighted by Gasteiger charge is 2.27.